The number of carbonyl (C=O) groups excluding carboxylic acids is 1. The number of nitrogens with two attached hydrogens (primary N) is 1. The molecule has 5 nitrogen and oxygen atoms in total. The Kier molecular flexibility index (Phi) is 3.25. The predicted molar refractivity (Wildman–Crippen MR) is 65.4 cm³/mol. The van der Waals surface area contributed by atoms with Gasteiger partial charge in [0.05, 0.1) is 17.1 Å². The number of carbonyl (C=O) groups is 1. The van der Waals surface area contributed by atoms with E-state index in [0.717, 1.165) is 6.07 Å². The first-order valence-corrected chi connectivity index (χ1v) is 7.26. The van der Waals surface area contributed by atoms with Crippen LogP contribution in [-0.2, 0) is 9.84 Å². The SMILES string of the molecule is Nc1ccc(F)cc1C(=O)N1CCS(=O)(=O)CC1. The van der Waals surface area contributed by atoms with E-state index in [4.69, 9.17) is 5.73 Å². The monoisotopic (exact) mass is 272 g/mol. The molecule has 2 N–H and O–H groups in total. The normalized spacial score (nSPS) is 18.6. The Morgan fingerprint density at radius 3 is 2.50 bits per heavy atom. The summed E-state index contributed by atoms with van der Waals surface area (Å²) in [6, 6.07) is 3.57. The minimum absolute atomic E-state index is 0.0615. The molecule has 1 aromatic rings. The molecule has 1 aliphatic heterocycles. The highest BCUT2D eigenvalue weighted by molar-refractivity contribution is 7.91. The summed E-state index contributed by atoms with van der Waals surface area (Å²) in [5, 5.41) is 0. The quantitative estimate of drug-likeness (QED) is 0.745. The minimum Gasteiger partial charge on any atom is -0.398 e. The Morgan fingerprint density at radius 1 is 1.28 bits per heavy atom. The number of hydrogen-bond donors (Lipinski definition) is 1. The van der Waals surface area contributed by atoms with Crippen LogP contribution in [0.3, 0.4) is 0 Å². The third kappa shape index (κ3) is 2.61. The van der Waals surface area contributed by atoms with Crippen LogP contribution in [0.2, 0.25) is 0 Å². The number of benzene rings is 1. The van der Waals surface area contributed by atoms with Crippen LogP contribution in [0.25, 0.3) is 0 Å². The number of nitrogens with zero attached hydrogens (tertiary/aromatic N) is 1. The van der Waals surface area contributed by atoms with Gasteiger partial charge in [-0.15, -0.1) is 0 Å². The molecule has 0 saturated carbocycles. The zero-order valence-corrected chi connectivity index (χ0v) is 10.4. The first-order chi connectivity index (χ1) is 8.39. The molecule has 1 aliphatic rings. The van der Waals surface area contributed by atoms with Crippen molar-refractivity contribution in [1.29, 1.82) is 0 Å². The van der Waals surface area contributed by atoms with Gasteiger partial charge in [0.15, 0.2) is 9.84 Å². The zero-order chi connectivity index (χ0) is 13.3. The molecule has 1 amide bonds. The zero-order valence-electron chi connectivity index (χ0n) is 9.60. The fourth-order valence-corrected chi connectivity index (χ4v) is 3.00. The summed E-state index contributed by atoms with van der Waals surface area (Å²) < 4.78 is 35.6. The number of amides is 1. The van der Waals surface area contributed by atoms with Crippen molar-refractivity contribution < 1.29 is 17.6 Å². The van der Waals surface area contributed by atoms with Gasteiger partial charge in [-0.25, -0.2) is 12.8 Å². The molecule has 0 aromatic heterocycles. The van der Waals surface area contributed by atoms with Crippen LogP contribution in [0.1, 0.15) is 10.4 Å². The van der Waals surface area contributed by atoms with Crippen LogP contribution < -0.4 is 5.73 Å². The van der Waals surface area contributed by atoms with E-state index in [1.807, 2.05) is 0 Å². The topological polar surface area (TPSA) is 80.5 Å². The van der Waals surface area contributed by atoms with Gasteiger partial charge in [-0.2, -0.15) is 0 Å². The average Bonchev–Trinajstić information content (AvgIpc) is 2.31. The van der Waals surface area contributed by atoms with E-state index in [2.05, 4.69) is 0 Å². The summed E-state index contributed by atoms with van der Waals surface area (Å²) >= 11 is 0. The van der Waals surface area contributed by atoms with E-state index in [1.165, 1.54) is 17.0 Å². The Labute approximate surface area is 104 Å². The van der Waals surface area contributed by atoms with Gasteiger partial charge in [0.1, 0.15) is 5.82 Å². The molecule has 0 aliphatic carbocycles. The van der Waals surface area contributed by atoms with E-state index in [9.17, 15) is 17.6 Å². The highest BCUT2D eigenvalue weighted by atomic mass is 32.2. The van der Waals surface area contributed by atoms with Crippen molar-refractivity contribution in [1.82, 2.24) is 4.90 Å². The summed E-state index contributed by atoms with van der Waals surface area (Å²) in [4.78, 5) is 13.4. The predicted octanol–water partition coefficient (Wildman–Crippen LogP) is 0.278. The van der Waals surface area contributed by atoms with E-state index in [0.29, 0.717) is 0 Å². The number of halogens is 1. The fraction of sp³-hybridized carbons (Fsp3) is 0.364. The van der Waals surface area contributed by atoms with Gasteiger partial charge >= 0.3 is 0 Å². The number of sulfone groups is 1. The molecule has 1 aromatic carbocycles. The molecule has 1 saturated heterocycles. The van der Waals surface area contributed by atoms with Gasteiger partial charge in [0.2, 0.25) is 0 Å². The lowest BCUT2D eigenvalue weighted by molar-refractivity contribution is 0.0771. The van der Waals surface area contributed by atoms with Gasteiger partial charge in [-0.3, -0.25) is 4.79 Å². The lowest BCUT2D eigenvalue weighted by atomic mass is 10.1. The second-order valence-electron chi connectivity index (χ2n) is 4.18. The number of hydrogen-bond acceptors (Lipinski definition) is 4. The summed E-state index contributed by atoms with van der Waals surface area (Å²) in [7, 11) is -3.05. The van der Waals surface area contributed by atoms with Crippen molar-refractivity contribution in [3.63, 3.8) is 0 Å². The van der Waals surface area contributed by atoms with Gasteiger partial charge in [-0.05, 0) is 18.2 Å². The summed E-state index contributed by atoms with van der Waals surface area (Å²) in [5.41, 5.74) is 5.89. The Morgan fingerprint density at radius 2 is 1.89 bits per heavy atom. The lowest BCUT2D eigenvalue weighted by Crippen LogP contribution is -2.43. The lowest BCUT2D eigenvalue weighted by Gasteiger charge is -2.27. The molecule has 0 spiro atoms. The second kappa shape index (κ2) is 4.56. The number of rotatable bonds is 1. The molecule has 0 unspecified atom stereocenters. The molecule has 1 fully saturated rings. The Balaban J connectivity index is 2.20. The molecule has 0 radical (unpaired) electrons. The van der Waals surface area contributed by atoms with Crippen molar-refractivity contribution in [2.24, 2.45) is 0 Å². The van der Waals surface area contributed by atoms with Crippen LogP contribution in [0.15, 0.2) is 18.2 Å². The highest BCUT2D eigenvalue weighted by Gasteiger charge is 2.26. The van der Waals surface area contributed by atoms with Gasteiger partial charge in [0, 0.05) is 18.8 Å². The molecule has 7 heteroatoms. The molecular formula is C11H13FN2O3S. The molecular weight excluding hydrogens is 259 g/mol. The van der Waals surface area contributed by atoms with Crippen molar-refractivity contribution >= 4 is 21.4 Å². The standard InChI is InChI=1S/C11H13FN2O3S/c12-8-1-2-10(13)9(7-8)11(15)14-3-5-18(16,17)6-4-14/h1-2,7H,3-6,13H2. The summed E-state index contributed by atoms with van der Waals surface area (Å²) in [6.45, 7) is 0.244. The molecule has 0 bridgehead atoms. The third-order valence-corrected chi connectivity index (χ3v) is 4.49. The van der Waals surface area contributed by atoms with E-state index >= 15 is 0 Å². The van der Waals surface area contributed by atoms with E-state index < -0.39 is 21.6 Å². The maximum absolute atomic E-state index is 13.1. The number of nitrogen functional groups attached to an aromatic ring is 1. The third-order valence-electron chi connectivity index (χ3n) is 2.88. The van der Waals surface area contributed by atoms with Crippen LogP contribution in [0.5, 0.6) is 0 Å². The van der Waals surface area contributed by atoms with Crippen molar-refractivity contribution in [3.8, 4) is 0 Å². The second-order valence-corrected chi connectivity index (χ2v) is 6.48. The minimum atomic E-state index is -3.05. The Bertz CT molecular complexity index is 572. The van der Waals surface area contributed by atoms with Crippen molar-refractivity contribution in [2.75, 3.05) is 30.3 Å². The maximum Gasteiger partial charge on any atom is 0.256 e. The van der Waals surface area contributed by atoms with E-state index in [1.54, 1.807) is 0 Å². The first kappa shape index (κ1) is 12.8. The largest absolute Gasteiger partial charge is 0.398 e. The van der Waals surface area contributed by atoms with Crippen LogP contribution in [0.4, 0.5) is 10.1 Å². The average molecular weight is 272 g/mol. The number of anilines is 1. The van der Waals surface area contributed by atoms with Crippen molar-refractivity contribution in [3.05, 3.63) is 29.6 Å². The van der Waals surface area contributed by atoms with E-state index in [-0.39, 0.29) is 35.8 Å². The Hall–Kier alpha value is -1.63. The molecule has 2 rings (SSSR count). The maximum atomic E-state index is 13.1. The first-order valence-electron chi connectivity index (χ1n) is 5.44. The smallest absolute Gasteiger partial charge is 0.256 e. The molecule has 18 heavy (non-hydrogen) atoms. The summed E-state index contributed by atoms with van der Waals surface area (Å²) in [5.74, 6) is -1.10. The van der Waals surface area contributed by atoms with Crippen LogP contribution >= 0.6 is 0 Å². The van der Waals surface area contributed by atoms with Crippen molar-refractivity contribution in [2.45, 2.75) is 0 Å². The van der Waals surface area contributed by atoms with Gasteiger partial charge in [0.25, 0.3) is 5.91 Å². The highest BCUT2D eigenvalue weighted by Crippen LogP contribution is 2.17. The van der Waals surface area contributed by atoms with Gasteiger partial charge in [-0.1, -0.05) is 0 Å². The molecule has 1 heterocycles. The fourth-order valence-electron chi connectivity index (χ4n) is 1.80. The molecule has 98 valence electrons. The summed E-state index contributed by atoms with van der Waals surface area (Å²) in [6.07, 6.45) is 0. The van der Waals surface area contributed by atoms with Crippen LogP contribution in [-0.4, -0.2) is 43.8 Å². The van der Waals surface area contributed by atoms with Crippen LogP contribution in [0, 0.1) is 5.82 Å². The molecule has 0 atom stereocenters. The van der Waals surface area contributed by atoms with Gasteiger partial charge < -0.3 is 10.6 Å².